The molecule has 0 unspecified atom stereocenters. The standard InChI is InChI=1S/C17H17NO8/c1-9(15(19)11-4-5-12-13(6-11)24-8-23-12)18(3)16(20)22-7-14-10(2)25-17(21)26-14/h4-6,9H,7-8H2,1-3H3/t9-/m0/s1. The molecule has 2 heterocycles. The van der Waals surface area contributed by atoms with Crippen LogP contribution >= 0.6 is 0 Å². The normalized spacial score (nSPS) is 13.3. The molecule has 2 aromatic rings. The SMILES string of the molecule is Cc1oc(=O)oc1COC(=O)N(C)[C@@H](C)C(=O)c1ccc2c(c1)OCO2. The first-order chi connectivity index (χ1) is 12.4. The molecule has 0 spiro atoms. The van der Waals surface area contributed by atoms with Gasteiger partial charge in [0.25, 0.3) is 0 Å². The van der Waals surface area contributed by atoms with Gasteiger partial charge in [-0.05, 0) is 32.0 Å². The number of fused-ring (bicyclic) bond motifs is 1. The van der Waals surface area contributed by atoms with E-state index in [0.717, 1.165) is 4.90 Å². The number of Topliss-reactive ketones (excluding diaryl/α,β-unsaturated/α-hetero) is 1. The molecule has 9 heteroatoms. The lowest BCUT2D eigenvalue weighted by Gasteiger charge is -2.23. The van der Waals surface area contributed by atoms with E-state index in [-0.39, 0.29) is 30.7 Å². The second-order valence-electron chi connectivity index (χ2n) is 5.71. The summed E-state index contributed by atoms with van der Waals surface area (Å²) in [4.78, 5) is 36.9. The zero-order valence-corrected chi connectivity index (χ0v) is 14.4. The summed E-state index contributed by atoms with van der Waals surface area (Å²) in [6.07, 6.45) is -0.741. The number of amides is 1. The number of carbonyl (C=O) groups excluding carboxylic acids is 2. The largest absolute Gasteiger partial charge is 0.519 e. The Balaban J connectivity index is 1.63. The van der Waals surface area contributed by atoms with E-state index in [1.54, 1.807) is 25.1 Å². The van der Waals surface area contributed by atoms with Gasteiger partial charge in [-0.25, -0.2) is 9.59 Å². The van der Waals surface area contributed by atoms with Crippen LogP contribution in [0.15, 0.2) is 31.8 Å². The van der Waals surface area contributed by atoms with Crippen molar-refractivity contribution in [3.8, 4) is 11.5 Å². The smallest absolute Gasteiger partial charge is 0.454 e. The molecular formula is C17H17NO8. The summed E-state index contributed by atoms with van der Waals surface area (Å²) in [6, 6.07) is 4.05. The van der Waals surface area contributed by atoms with Crippen LogP contribution in [0.25, 0.3) is 0 Å². The quantitative estimate of drug-likeness (QED) is 0.743. The van der Waals surface area contributed by atoms with E-state index >= 15 is 0 Å². The third-order valence-electron chi connectivity index (χ3n) is 4.07. The van der Waals surface area contributed by atoms with Crippen LogP contribution in [0, 0.1) is 6.92 Å². The topological polar surface area (TPSA) is 108 Å². The van der Waals surface area contributed by atoms with Crippen LogP contribution < -0.4 is 15.3 Å². The Morgan fingerprint density at radius 1 is 1.23 bits per heavy atom. The van der Waals surface area contributed by atoms with E-state index in [9.17, 15) is 14.4 Å². The number of hydrogen-bond donors (Lipinski definition) is 0. The number of benzene rings is 1. The fourth-order valence-corrected chi connectivity index (χ4v) is 2.36. The van der Waals surface area contributed by atoms with Crippen molar-refractivity contribution in [2.75, 3.05) is 13.8 Å². The average Bonchev–Trinajstić information content (AvgIpc) is 3.22. The molecule has 0 aliphatic carbocycles. The van der Waals surface area contributed by atoms with Crippen LogP contribution in [0.5, 0.6) is 11.5 Å². The van der Waals surface area contributed by atoms with Crippen LogP contribution in [0.3, 0.4) is 0 Å². The van der Waals surface area contributed by atoms with Crippen molar-refractivity contribution >= 4 is 11.9 Å². The second kappa shape index (κ2) is 6.95. The van der Waals surface area contributed by atoms with Gasteiger partial charge in [-0.2, -0.15) is 0 Å². The summed E-state index contributed by atoms with van der Waals surface area (Å²) in [6.45, 7) is 2.94. The Hall–Kier alpha value is -3.23. The minimum Gasteiger partial charge on any atom is -0.454 e. The van der Waals surface area contributed by atoms with E-state index in [0.29, 0.717) is 17.1 Å². The molecule has 3 rings (SSSR count). The maximum atomic E-state index is 12.6. The second-order valence-corrected chi connectivity index (χ2v) is 5.71. The van der Waals surface area contributed by atoms with Crippen molar-refractivity contribution < 1.29 is 32.6 Å². The average molecular weight is 363 g/mol. The first-order valence-electron chi connectivity index (χ1n) is 7.79. The van der Waals surface area contributed by atoms with Gasteiger partial charge in [0.15, 0.2) is 35.4 Å². The van der Waals surface area contributed by atoms with Gasteiger partial charge < -0.3 is 27.9 Å². The molecular weight excluding hydrogens is 346 g/mol. The highest BCUT2D eigenvalue weighted by atomic mass is 16.7. The van der Waals surface area contributed by atoms with E-state index in [2.05, 4.69) is 4.42 Å². The number of ether oxygens (including phenoxy) is 3. The number of nitrogens with zero attached hydrogens (tertiary/aromatic N) is 1. The lowest BCUT2D eigenvalue weighted by Crippen LogP contribution is -2.40. The molecule has 0 saturated carbocycles. The molecule has 0 saturated heterocycles. The lowest BCUT2D eigenvalue weighted by molar-refractivity contribution is 0.0714. The summed E-state index contributed by atoms with van der Waals surface area (Å²) in [7, 11) is 1.44. The molecule has 1 aliphatic heterocycles. The van der Waals surface area contributed by atoms with Crippen molar-refractivity contribution in [2.45, 2.75) is 26.5 Å². The van der Waals surface area contributed by atoms with Crippen molar-refractivity contribution in [3.63, 3.8) is 0 Å². The summed E-state index contributed by atoms with van der Waals surface area (Å²) in [5, 5.41) is 0. The predicted molar refractivity (Wildman–Crippen MR) is 86.3 cm³/mol. The van der Waals surface area contributed by atoms with E-state index in [4.69, 9.17) is 18.6 Å². The number of rotatable bonds is 5. The minimum atomic E-state index is -0.867. The third kappa shape index (κ3) is 3.41. The Kier molecular flexibility index (Phi) is 4.70. The highest BCUT2D eigenvalue weighted by molar-refractivity contribution is 6.01. The molecule has 0 bridgehead atoms. The maximum absolute atomic E-state index is 12.6. The molecule has 138 valence electrons. The molecule has 1 amide bonds. The fraction of sp³-hybridized carbons (Fsp3) is 0.353. The molecule has 1 atom stereocenters. The van der Waals surface area contributed by atoms with Gasteiger partial charge in [0.05, 0.1) is 6.04 Å². The van der Waals surface area contributed by atoms with Gasteiger partial charge in [-0.1, -0.05) is 0 Å². The Morgan fingerprint density at radius 3 is 2.65 bits per heavy atom. The summed E-state index contributed by atoms with van der Waals surface area (Å²) >= 11 is 0. The number of ketones is 1. The molecule has 0 fully saturated rings. The highest BCUT2D eigenvalue weighted by Gasteiger charge is 2.26. The third-order valence-corrected chi connectivity index (χ3v) is 4.07. The van der Waals surface area contributed by atoms with Crippen molar-refractivity contribution in [2.24, 2.45) is 0 Å². The molecule has 0 radical (unpaired) electrons. The Morgan fingerprint density at radius 2 is 1.96 bits per heavy atom. The van der Waals surface area contributed by atoms with E-state index in [1.807, 2.05) is 0 Å². The predicted octanol–water partition coefficient (Wildman–Crippen LogP) is 2.11. The van der Waals surface area contributed by atoms with Gasteiger partial charge in [-0.15, -0.1) is 0 Å². The van der Waals surface area contributed by atoms with E-state index < -0.39 is 18.0 Å². The Labute approximate surface area is 148 Å². The fourth-order valence-electron chi connectivity index (χ4n) is 2.36. The first kappa shape index (κ1) is 17.6. The van der Waals surface area contributed by atoms with Gasteiger partial charge in [0.1, 0.15) is 0 Å². The maximum Gasteiger partial charge on any atom is 0.519 e. The Bertz CT molecular complexity index is 896. The summed E-state index contributed by atoms with van der Waals surface area (Å²) in [5.74, 6) is 0.251. The molecule has 1 aliphatic rings. The summed E-state index contributed by atoms with van der Waals surface area (Å²) in [5.41, 5.74) is 0.387. The highest BCUT2D eigenvalue weighted by Crippen LogP contribution is 2.33. The van der Waals surface area contributed by atoms with Gasteiger partial charge in [-0.3, -0.25) is 4.79 Å². The van der Waals surface area contributed by atoms with Crippen LogP contribution in [-0.2, 0) is 11.3 Å². The van der Waals surface area contributed by atoms with Crippen LogP contribution in [0.2, 0.25) is 0 Å². The zero-order chi connectivity index (χ0) is 18.8. The van der Waals surface area contributed by atoms with Crippen LogP contribution in [-0.4, -0.2) is 36.7 Å². The minimum absolute atomic E-state index is 0.109. The van der Waals surface area contributed by atoms with Crippen LogP contribution in [0.1, 0.15) is 28.8 Å². The zero-order valence-electron chi connectivity index (χ0n) is 14.4. The molecule has 1 aromatic heterocycles. The van der Waals surface area contributed by atoms with Gasteiger partial charge >= 0.3 is 11.9 Å². The monoisotopic (exact) mass is 363 g/mol. The first-order valence-corrected chi connectivity index (χ1v) is 7.79. The molecule has 0 N–H and O–H groups in total. The van der Waals surface area contributed by atoms with E-state index in [1.165, 1.54) is 14.0 Å². The lowest BCUT2D eigenvalue weighted by atomic mass is 10.0. The van der Waals surface area contributed by atoms with Crippen molar-refractivity contribution in [1.82, 2.24) is 4.90 Å². The molecule has 9 nitrogen and oxygen atoms in total. The molecule has 26 heavy (non-hydrogen) atoms. The number of carbonyl (C=O) groups is 2. The van der Waals surface area contributed by atoms with Crippen LogP contribution in [0.4, 0.5) is 4.79 Å². The van der Waals surface area contributed by atoms with Gasteiger partial charge in [0.2, 0.25) is 6.79 Å². The number of likely N-dealkylation sites (N-methyl/N-ethyl adjacent to an activating group) is 1. The number of hydrogen-bond acceptors (Lipinski definition) is 8. The van der Waals surface area contributed by atoms with Crippen molar-refractivity contribution in [1.29, 1.82) is 0 Å². The van der Waals surface area contributed by atoms with Crippen molar-refractivity contribution in [3.05, 3.63) is 45.9 Å². The number of aryl methyl sites for hydroxylation is 1. The van der Waals surface area contributed by atoms with Gasteiger partial charge in [0, 0.05) is 12.6 Å². The molecule has 1 aromatic carbocycles. The summed E-state index contributed by atoms with van der Waals surface area (Å²) < 4.78 is 25.0.